The highest BCUT2D eigenvalue weighted by atomic mass is 16.1. The molecule has 0 saturated carbocycles. The average molecular weight is 415 g/mol. The van der Waals surface area contributed by atoms with Crippen molar-refractivity contribution in [1.29, 1.82) is 0 Å². The summed E-state index contributed by atoms with van der Waals surface area (Å²) in [6.07, 6.45) is 1.21. The standard InChI is InChI=1S/C26H30N4O/c1-29(2)23-14-15-30(18-23)17-19-8-10-21(11-9-19)26(31)28-25-16-22(12-13-24(25)27)20-6-4-3-5-7-20/h3-13,16,23H,14-15,17-18,27H2,1-2H3,(H,28,31). The fraction of sp³-hybridized carbons (Fsp3) is 0.269. The number of carbonyl (C=O) groups is 1. The number of hydrogen-bond acceptors (Lipinski definition) is 4. The van der Waals surface area contributed by atoms with E-state index in [1.807, 2.05) is 72.8 Å². The van der Waals surface area contributed by atoms with Gasteiger partial charge in [-0.3, -0.25) is 9.69 Å². The average Bonchev–Trinajstić information content (AvgIpc) is 3.25. The van der Waals surface area contributed by atoms with Gasteiger partial charge in [0.2, 0.25) is 0 Å². The molecule has 0 aromatic heterocycles. The topological polar surface area (TPSA) is 61.6 Å². The maximum atomic E-state index is 12.8. The Morgan fingerprint density at radius 2 is 1.77 bits per heavy atom. The molecule has 1 heterocycles. The maximum Gasteiger partial charge on any atom is 0.255 e. The molecule has 3 aromatic carbocycles. The fourth-order valence-electron chi connectivity index (χ4n) is 4.07. The van der Waals surface area contributed by atoms with Gasteiger partial charge in [-0.15, -0.1) is 0 Å². The number of likely N-dealkylation sites (tertiary alicyclic amines) is 1. The highest BCUT2D eigenvalue weighted by Gasteiger charge is 2.23. The first-order valence-corrected chi connectivity index (χ1v) is 10.7. The molecule has 1 aliphatic rings. The molecule has 0 aliphatic carbocycles. The first kappa shape index (κ1) is 21.1. The number of benzene rings is 3. The lowest BCUT2D eigenvalue weighted by Gasteiger charge is -2.20. The van der Waals surface area contributed by atoms with Gasteiger partial charge in [0.15, 0.2) is 0 Å². The Labute approximate surface area is 184 Å². The Morgan fingerprint density at radius 3 is 2.45 bits per heavy atom. The lowest BCUT2D eigenvalue weighted by atomic mass is 10.0. The lowest BCUT2D eigenvalue weighted by molar-refractivity contribution is 0.102. The predicted molar refractivity (Wildman–Crippen MR) is 128 cm³/mol. The number of nitrogens with one attached hydrogen (secondary N) is 1. The number of rotatable bonds is 6. The summed E-state index contributed by atoms with van der Waals surface area (Å²) >= 11 is 0. The van der Waals surface area contributed by atoms with Gasteiger partial charge in [-0.25, -0.2) is 0 Å². The number of carbonyl (C=O) groups excluding carboxylic acids is 1. The fourth-order valence-corrected chi connectivity index (χ4v) is 4.07. The van der Waals surface area contributed by atoms with Crippen molar-refractivity contribution in [3.05, 3.63) is 83.9 Å². The third kappa shape index (κ3) is 5.13. The maximum absolute atomic E-state index is 12.8. The van der Waals surface area contributed by atoms with E-state index in [0.717, 1.165) is 30.8 Å². The van der Waals surface area contributed by atoms with E-state index in [0.29, 0.717) is 23.0 Å². The molecular weight excluding hydrogens is 384 g/mol. The second-order valence-corrected chi connectivity index (χ2v) is 8.46. The number of amides is 1. The minimum absolute atomic E-state index is 0.155. The summed E-state index contributed by atoms with van der Waals surface area (Å²) in [6.45, 7) is 3.12. The summed E-state index contributed by atoms with van der Waals surface area (Å²) in [7, 11) is 4.29. The molecule has 5 heteroatoms. The van der Waals surface area contributed by atoms with Crippen LogP contribution < -0.4 is 11.1 Å². The quantitative estimate of drug-likeness (QED) is 0.590. The van der Waals surface area contributed by atoms with Gasteiger partial charge in [0, 0.05) is 31.2 Å². The predicted octanol–water partition coefficient (Wildman–Crippen LogP) is 4.32. The smallest absolute Gasteiger partial charge is 0.255 e. The number of hydrogen-bond donors (Lipinski definition) is 2. The molecule has 1 amide bonds. The Balaban J connectivity index is 1.41. The lowest BCUT2D eigenvalue weighted by Crippen LogP contribution is -2.31. The highest BCUT2D eigenvalue weighted by Crippen LogP contribution is 2.27. The van der Waals surface area contributed by atoms with Crippen molar-refractivity contribution < 1.29 is 4.79 Å². The van der Waals surface area contributed by atoms with E-state index in [1.165, 1.54) is 12.0 Å². The molecule has 0 bridgehead atoms. The molecule has 0 spiro atoms. The number of nitrogens with zero attached hydrogens (tertiary/aromatic N) is 2. The molecule has 31 heavy (non-hydrogen) atoms. The van der Waals surface area contributed by atoms with Crippen molar-refractivity contribution >= 4 is 17.3 Å². The van der Waals surface area contributed by atoms with Gasteiger partial charge in [0.1, 0.15) is 0 Å². The van der Waals surface area contributed by atoms with Crippen LogP contribution in [0.3, 0.4) is 0 Å². The number of nitrogens with two attached hydrogens (primary N) is 1. The van der Waals surface area contributed by atoms with Crippen LogP contribution in [-0.4, -0.2) is 48.9 Å². The monoisotopic (exact) mass is 414 g/mol. The molecule has 5 nitrogen and oxygen atoms in total. The summed E-state index contributed by atoms with van der Waals surface area (Å²) in [4.78, 5) is 17.6. The first-order valence-electron chi connectivity index (χ1n) is 10.7. The summed E-state index contributed by atoms with van der Waals surface area (Å²) in [5.74, 6) is -0.155. The van der Waals surface area contributed by atoms with Gasteiger partial charge < -0.3 is 16.0 Å². The third-order valence-electron chi connectivity index (χ3n) is 6.01. The Morgan fingerprint density at radius 1 is 1.03 bits per heavy atom. The van der Waals surface area contributed by atoms with E-state index in [2.05, 4.69) is 29.2 Å². The van der Waals surface area contributed by atoms with Crippen molar-refractivity contribution in [3.63, 3.8) is 0 Å². The minimum Gasteiger partial charge on any atom is -0.397 e. The van der Waals surface area contributed by atoms with Crippen molar-refractivity contribution in [1.82, 2.24) is 9.80 Å². The third-order valence-corrected chi connectivity index (χ3v) is 6.01. The number of nitrogen functional groups attached to an aromatic ring is 1. The zero-order valence-corrected chi connectivity index (χ0v) is 18.2. The van der Waals surface area contributed by atoms with Crippen LogP contribution in [0.5, 0.6) is 0 Å². The summed E-state index contributed by atoms with van der Waals surface area (Å²) in [5.41, 5.74) is 11.2. The van der Waals surface area contributed by atoms with Gasteiger partial charge >= 0.3 is 0 Å². The van der Waals surface area contributed by atoms with Crippen molar-refractivity contribution in [2.75, 3.05) is 38.2 Å². The van der Waals surface area contributed by atoms with Gasteiger partial charge in [0.05, 0.1) is 11.4 Å². The molecule has 1 saturated heterocycles. The van der Waals surface area contributed by atoms with Crippen LogP contribution in [0.1, 0.15) is 22.3 Å². The van der Waals surface area contributed by atoms with E-state index in [1.54, 1.807) is 0 Å². The summed E-state index contributed by atoms with van der Waals surface area (Å²) in [5, 5.41) is 2.97. The normalized spacial score (nSPS) is 16.5. The van der Waals surface area contributed by atoms with Crippen LogP contribution in [0.2, 0.25) is 0 Å². The first-order chi connectivity index (χ1) is 15.0. The highest BCUT2D eigenvalue weighted by molar-refractivity contribution is 6.06. The Kier molecular flexibility index (Phi) is 6.35. The van der Waals surface area contributed by atoms with Crippen LogP contribution in [0, 0.1) is 0 Å². The molecule has 0 radical (unpaired) electrons. The number of likely N-dealkylation sites (N-methyl/N-ethyl adjacent to an activating group) is 1. The van der Waals surface area contributed by atoms with E-state index in [4.69, 9.17) is 5.73 Å². The molecule has 3 N–H and O–H groups in total. The Hall–Kier alpha value is -3.15. The minimum atomic E-state index is -0.155. The van der Waals surface area contributed by atoms with Crippen molar-refractivity contribution in [2.45, 2.75) is 19.0 Å². The molecule has 3 aromatic rings. The summed E-state index contributed by atoms with van der Waals surface area (Å²) < 4.78 is 0. The van der Waals surface area contributed by atoms with Crippen LogP contribution in [0.25, 0.3) is 11.1 Å². The van der Waals surface area contributed by atoms with Gasteiger partial charge in [-0.2, -0.15) is 0 Å². The van der Waals surface area contributed by atoms with Crippen LogP contribution >= 0.6 is 0 Å². The number of anilines is 2. The zero-order chi connectivity index (χ0) is 21.8. The second-order valence-electron chi connectivity index (χ2n) is 8.46. The molecule has 1 unspecified atom stereocenters. The van der Waals surface area contributed by atoms with Crippen LogP contribution in [0.15, 0.2) is 72.8 Å². The van der Waals surface area contributed by atoms with E-state index in [9.17, 15) is 4.79 Å². The molecule has 1 atom stereocenters. The van der Waals surface area contributed by atoms with Crippen molar-refractivity contribution in [3.8, 4) is 11.1 Å². The molecule has 4 rings (SSSR count). The molecular formula is C26H30N4O. The molecule has 160 valence electrons. The largest absolute Gasteiger partial charge is 0.397 e. The van der Waals surface area contributed by atoms with Gasteiger partial charge in [-0.05, 0) is 61.5 Å². The van der Waals surface area contributed by atoms with Gasteiger partial charge in [0.25, 0.3) is 5.91 Å². The second kappa shape index (κ2) is 9.33. The van der Waals surface area contributed by atoms with Crippen LogP contribution in [0.4, 0.5) is 11.4 Å². The van der Waals surface area contributed by atoms with E-state index >= 15 is 0 Å². The van der Waals surface area contributed by atoms with Gasteiger partial charge in [-0.1, -0.05) is 48.5 Å². The summed E-state index contributed by atoms with van der Waals surface area (Å²) in [6, 6.07) is 24.3. The van der Waals surface area contributed by atoms with Crippen LogP contribution in [-0.2, 0) is 6.54 Å². The zero-order valence-electron chi connectivity index (χ0n) is 18.2. The Bertz CT molecular complexity index is 1030. The molecule has 1 aliphatic heterocycles. The van der Waals surface area contributed by atoms with E-state index < -0.39 is 0 Å². The van der Waals surface area contributed by atoms with E-state index in [-0.39, 0.29) is 5.91 Å². The molecule has 1 fully saturated rings. The van der Waals surface area contributed by atoms with Crippen molar-refractivity contribution in [2.24, 2.45) is 0 Å². The SMILES string of the molecule is CN(C)C1CCN(Cc2ccc(C(=O)Nc3cc(-c4ccccc4)ccc3N)cc2)C1.